The standard InChI is InChI=1S/C19H22FN3O2/c20-15-3-1-14(2-4-15)17-11-21-12-18(17)19(24)23-6-5-16(13-23)22-7-9-25-10-8-22/h1-4,11-12,16,21H,5-10,13H2. The molecule has 0 aliphatic carbocycles. The Morgan fingerprint density at radius 3 is 2.64 bits per heavy atom. The number of aromatic amines is 1. The molecule has 4 rings (SSSR count). The van der Waals surface area contributed by atoms with Gasteiger partial charge in [-0.1, -0.05) is 12.1 Å². The Hall–Kier alpha value is -2.18. The van der Waals surface area contributed by atoms with Gasteiger partial charge in [0.25, 0.3) is 5.91 Å². The van der Waals surface area contributed by atoms with Crippen molar-refractivity contribution in [2.45, 2.75) is 12.5 Å². The zero-order valence-electron chi connectivity index (χ0n) is 14.1. The molecule has 0 saturated carbocycles. The molecule has 0 radical (unpaired) electrons. The van der Waals surface area contributed by atoms with Crippen molar-refractivity contribution >= 4 is 5.91 Å². The minimum atomic E-state index is -0.278. The molecule has 2 fully saturated rings. The molecule has 2 saturated heterocycles. The molecule has 2 aromatic rings. The van der Waals surface area contributed by atoms with E-state index in [4.69, 9.17) is 4.74 Å². The van der Waals surface area contributed by atoms with E-state index in [0.29, 0.717) is 11.6 Å². The van der Waals surface area contributed by atoms with E-state index in [2.05, 4.69) is 9.88 Å². The summed E-state index contributed by atoms with van der Waals surface area (Å²) in [4.78, 5) is 20.4. The summed E-state index contributed by atoms with van der Waals surface area (Å²) in [5, 5.41) is 0. The number of morpholine rings is 1. The van der Waals surface area contributed by atoms with Crippen molar-refractivity contribution in [2.24, 2.45) is 0 Å². The van der Waals surface area contributed by atoms with Crippen LogP contribution in [0.15, 0.2) is 36.7 Å². The molecular formula is C19H22FN3O2. The Bertz CT molecular complexity index is 737. The first-order valence-corrected chi connectivity index (χ1v) is 8.76. The summed E-state index contributed by atoms with van der Waals surface area (Å²) < 4.78 is 18.6. The predicted octanol–water partition coefficient (Wildman–Crippen LogP) is 2.37. The van der Waals surface area contributed by atoms with Gasteiger partial charge in [-0.3, -0.25) is 9.69 Å². The van der Waals surface area contributed by atoms with Crippen LogP contribution < -0.4 is 0 Å². The molecule has 1 atom stereocenters. The van der Waals surface area contributed by atoms with Crippen molar-refractivity contribution in [3.05, 3.63) is 48.0 Å². The number of carbonyl (C=O) groups is 1. The van der Waals surface area contributed by atoms with E-state index in [1.165, 1.54) is 12.1 Å². The average Bonchev–Trinajstić information content (AvgIpc) is 3.32. The predicted molar refractivity (Wildman–Crippen MR) is 92.9 cm³/mol. The van der Waals surface area contributed by atoms with Crippen LogP contribution in [0.25, 0.3) is 11.1 Å². The lowest BCUT2D eigenvalue weighted by Gasteiger charge is -2.32. The summed E-state index contributed by atoms with van der Waals surface area (Å²) >= 11 is 0. The molecule has 132 valence electrons. The SMILES string of the molecule is O=C(c1c[nH]cc1-c1ccc(F)cc1)N1CCC(N2CCOCC2)C1. The average molecular weight is 343 g/mol. The molecule has 0 spiro atoms. The summed E-state index contributed by atoms with van der Waals surface area (Å²) in [6.07, 6.45) is 4.54. The third-order valence-corrected chi connectivity index (χ3v) is 5.14. The number of amides is 1. The Kier molecular flexibility index (Phi) is 4.55. The molecule has 1 aromatic heterocycles. The van der Waals surface area contributed by atoms with Crippen LogP contribution in [0.1, 0.15) is 16.8 Å². The molecule has 1 amide bonds. The van der Waals surface area contributed by atoms with Crippen LogP contribution in [0.3, 0.4) is 0 Å². The van der Waals surface area contributed by atoms with Crippen LogP contribution in [0, 0.1) is 5.82 Å². The monoisotopic (exact) mass is 343 g/mol. The highest BCUT2D eigenvalue weighted by Gasteiger charge is 2.32. The molecule has 1 unspecified atom stereocenters. The topological polar surface area (TPSA) is 48.6 Å². The summed E-state index contributed by atoms with van der Waals surface area (Å²) in [6, 6.07) is 6.66. The fourth-order valence-electron chi connectivity index (χ4n) is 3.75. The van der Waals surface area contributed by atoms with Gasteiger partial charge in [0.05, 0.1) is 18.8 Å². The number of ether oxygens (including phenoxy) is 1. The van der Waals surface area contributed by atoms with Gasteiger partial charge < -0.3 is 14.6 Å². The van der Waals surface area contributed by atoms with Crippen molar-refractivity contribution in [3.8, 4) is 11.1 Å². The molecular weight excluding hydrogens is 321 g/mol. The number of nitrogens with zero attached hydrogens (tertiary/aromatic N) is 2. The highest BCUT2D eigenvalue weighted by atomic mass is 19.1. The fraction of sp³-hybridized carbons (Fsp3) is 0.421. The van der Waals surface area contributed by atoms with Gasteiger partial charge >= 0.3 is 0 Å². The van der Waals surface area contributed by atoms with E-state index in [1.54, 1.807) is 24.5 Å². The molecule has 1 aromatic carbocycles. The van der Waals surface area contributed by atoms with Crippen LogP contribution in [0.4, 0.5) is 4.39 Å². The molecule has 25 heavy (non-hydrogen) atoms. The lowest BCUT2D eigenvalue weighted by Crippen LogP contribution is -2.45. The van der Waals surface area contributed by atoms with E-state index < -0.39 is 0 Å². The molecule has 5 nitrogen and oxygen atoms in total. The number of hydrogen-bond acceptors (Lipinski definition) is 3. The number of H-pyrrole nitrogens is 1. The van der Waals surface area contributed by atoms with Crippen molar-refractivity contribution in [1.82, 2.24) is 14.8 Å². The lowest BCUT2D eigenvalue weighted by atomic mass is 10.0. The Labute approximate surface area is 146 Å². The first kappa shape index (κ1) is 16.3. The largest absolute Gasteiger partial charge is 0.379 e. The highest BCUT2D eigenvalue weighted by molar-refractivity contribution is 6.00. The smallest absolute Gasteiger partial charge is 0.256 e. The summed E-state index contributed by atoms with van der Waals surface area (Å²) in [5.74, 6) is -0.239. The van der Waals surface area contributed by atoms with Gasteiger partial charge in [0.2, 0.25) is 0 Å². The first-order chi connectivity index (χ1) is 12.2. The second-order valence-electron chi connectivity index (χ2n) is 6.63. The number of halogens is 1. The zero-order valence-corrected chi connectivity index (χ0v) is 14.1. The summed E-state index contributed by atoms with van der Waals surface area (Å²) in [7, 11) is 0. The third kappa shape index (κ3) is 3.32. The molecule has 6 heteroatoms. The number of aromatic nitrogens is 1. The number of benzene rings is 1. The van der Waals surface area contributed by atoms with Crippen LogP contribution >= 0.6 is 0 Å². The van der Waals surface area contributed by atoms with Crippen molar-refractivity contribution in [2.75, 3.05) is 39.4 Å². The molecule has 3 heterocycles. The number of carbonyl (C=O) groups excluding carboxylic acids is 1. The molecule has 0 bridgehead atoms. The molecule has 2 aliphatic rings. The Morgan fingerprint density at radius 2 is 1.88 bits per heavy atom. The maximum Gasteiger partial charge on any atom is 0.256 e. The van der Waals surface area contributed by atoms with E-state index in [1.807, 2.05) is 4.90 Å². The van der Waals surface area contributed by atoms with Gasteiger partial charge in [-0.2, -0.15) is 0 Å². The van der Waals surface area contributed by atoms with Gasteiger partial charge in [0.15, 0.2) is 0 Å². The minimum absolute atomic E-state index is 0.0383. The maximum absolute atomic E-state index is 13.2. The van der Waals surface area contributed by atoms with E-state index in [0.717, 1.165) is 56.9 Å². The lowest BCUT2D eigenvalue weighted by molar-refractivity contribution is 0.0185. The van der Waals surface area contributed by atoms with Crippen molar-refractivity contribution in [1.29, 1.82) is 0 Å². The Morgan fingerprint density at radius 1 is 1.12 bits per heavy atom. The fourth-order valence-corrected chi connectivity index (χ4v) is 3.75. The van der Waals surface area contributed by atoms with Crippen LogP contribution in [-0.4, -0.2) is 66.1 Å². The number of hydrogen-bond donors (Lipinski definition) is 1. The van der Waals surface area contributed by atoms with Gasteiger partial charge in [0.1, 0.15) is 5.82 Å². The number of rotatable bonds is 3. The Balaban J connectivity index is 1.49. The van der Waals surface area contributed by atoms with Crippen LogP contribution in [0.5, 0.6) is 0 Å². The summed E-state index contributed by atoms with van der Waals surface area (Å²) in [5.41, 5.74) is 2.31. The molecule has 1 N–H and O–H groups in total. The second-order valence-corrected chi connectivity index (χ2v) is 6.63. The van der Waals surface area contributed by atoms with Gasteiger partial charge in [-0.25, -0.2) is 4.39 Å². The third-order valence-electron chi connectivity index (χ3n) is 5.14. The van der Waals surface area contributed by atoms with Gasteiger partial charge in [0, 0.05) is 50.2 Å². The summed E-state index contributed by atoms with van der Waals surface area (Å²) in [6.45, 7) is 4.96. The quantitative estimate of drug-likeness (QED) is 0.931. The van der Waals surface area contributed by atoms with E-state index in [-0.39, 0.29) is 11.7 Å². The maximum atomic E-state index is 13.2. The van der Waals surface area contributed by atoms with Crippen molar-refractivity contribution < 1.29 is 13.9 Å². The van der Waals surface area contributed by atoms with E-state index >= 15 is 0 Å². The normalized spacial score (nSPS) is 21.6. The number of nitrogens with one attached hydrogen (secondary N) is 1. The van der Waals surface area contributed by atoms with Gasteiger partial charge in [-0.15, -0.1) is 0 Å². The zero-order chi connectivity index (χ0) is 17.2. The van der Waals surface area contributed by atoms with Crippen molar-refractivity contribution in [3.63, 3.8) is 0 Å². The first-order valence-electron chi connectivity index (χ1n) is 8.76. The van der Waals surface area contributed by atoms with Crippen LogP contribution in [0.2, 0.25) is 0 Å². The second kappa shape index (κ2) is 6.98. The molecule has 2 aliphatic heterocycles. The highest BCUT2D eigenvalue weighted by Crippen LogP contribution is 2.27. The van der Waals surface area contributed by atoms with E-state index in [9.17, 15) is 9.18 Å². The van der Waals surface area contributed by atoms with Gasteiger partial charge in [-0.05, 0) is 24.1 Å². The van der Waals surface area contributed by atoms with Crippen LogP contribution in [-0.2, 0) is 4.74 Å². The minimum Gasteiger partial charge on any atom is -0.379 e. The number of likely N-dealkylation sites (tertiary alicyclic amines) is 1.